The molecule has 0 atom stereocenters. The molecule has 2 aromatic rings. The smallest absolute Gasteiger partial charge is 0.241 e. The maximum atomic E-state index is 10.8. The van der Waals surface area contributed by atoms with Crippen LogP contribution in [0.15, 0.2) is 42.5 Å². The monoisotopic (exact) mass is 227 g/mol. The molecule has 86 valence electrons. The molecule has 0 saturated carbocycles. The predicted octanol–water partition coefficient (Wildman–Crippen LogP) is 2.35. The number of carbonyl (C=O) groups is 1. The van der Waals surface area contributed by atoms with Crippen LogP contribution in [0.25, 0.3) is 16.8 Å². The summed E-state index contributed by atoms with van der Waals surface area (Å²) in [6.07, 6.45) is 3.02. The fraction of sp³-hybridized carbons (Fsp3) is 0.0714. The first kappa shape index (κ1) is 11.2. The summed E-state index contributed by atoms with van der Waals surface area (Å²) < 4.78 is 5.28. The van der Waals surface area contributed by atoms with Crippen LogP contribution in [0.1, 0.15) is 5.56 Å². The van der Waals surface area contributed by atoms with Gasteiger partial charge in [0.2, 0.25) is 5.91 Å². The highest BCUT2D eigenvalue weighted by atomic mass is 16.5. The van der Waals surface area contributed by atoms with E-state index in [-0.39, 0.29) is 0 Å². The lowest BCUT2D eigenvalue weighted by Gasteiger charge is -2.08. The van der Waals surface area contributed by atoms with Crippen molar-refractivity contribution in [3.63, 3.8) is 0 Å². The molecular weight excluding hydrogens is 214 g/mol. The highest BCUT2D eigenvalue weighted by molar-refractivity contribution is 5.97. The zero-order valence-electron chi connectivity index (χ0n) is 9.51. The Bertz CT molecular complexity index is 588. The molecule has 0 aliphatic heterocycles. The summed E-state index contributed by atoms with van der Waals surface area (Å²) in [6.45, 7) is 0. The third-order valence-corrected chi connectivity index (χ3v) is 2.56. The number of amides is 1. The Morgan fingerprint density at radius 3 is 2.71 bits per heavy atom. The first-order valence-corrected chi connectivity index (χ1v) is 5.25. The average molecular weight is 227 g/mol. The molecule has 0 aliphatic rings. The lowest BCUT2D eigenvalue weighted by Crippen LogP contribution is -2.05. The Morgan fingerprint density at radius 2 is 2.00 bits per heavy atom. The fourth-order valence-electron chi connectivity index (χ4n) is 1.79. The summed E-state index contributed by atoms with van der Waals surface area (Å²) in [6, 6.07) is 11.8. The van der Waals surface area contributed by atoms with E-state index in [4.69, 9.17) is 10.5 Å². The number of ether oxygens (including phenoxy) is 1. The fourth-order valence-corrected chi connectivity index (χ4v) is 1.79. The molecule has 0 heterocycles. The molecule has 0 spiro atoms. The molecule has 0 unspecified atom stereocenters. The number of nitrogens with two attached hydrogens (primary N) is 1. The van der Waals surface area contributed by atoms with Crippen LogP contribution in [0.2, 0.25) is 0 Å². The number of primary amides is 1. The minimum Gasteiger partial charge on any atom is -0.496 e. The number of carbonyl (C=O) groups excluding carboxylic acids is 1. The quantitative estimate of drug-likeness (QED) is 0.818. The molecule has 2 N–H and O–H groups in total. The Morgan fingerprint density at radius 1 is 1.24 bits per heavy atom. The van der Waals surface area contributed by atoms with Crippen LogP contribution in [-0.4, -0.2) is 13.0 Å². The van der Waals surface area contributed by atoms with E-state index in [2.05, 4.69) is 0 Å². The standard InChI is InChI=1S/C14H13NO2/c1-17-13-8-6-10-4-2-3-5-11(10)12(13)7-9-14(15)16/h2-9H,1H3,(H2,15,16)/b9-7-. The summed E-state index contributed by atoms with van der Waals surface area (Å²) in [4.78, 5) is 10.8. The third kappa shape index (κ3) is 2.28. The second-order valence-electron chi connectivity index (χ2n) is 3.64. The highest BCUT2D eigenvalue weighted by Crippen LogP contribution is 2.28. The summed E-state index contributed by atoms with van der Waals surface area (Å²) in [5.74, 6) is 0.251. The molecule has 0 fully saturated rings. The molecule has 0 bridgehead atoms. The van der Waals surface area contributed by atoms with Gasteiger partial charge in [0, 0.05) is 11.6 Å². The van der Waals surface area contributed by atoms with Crippen LogP contribution < -0.4 is 10.5 Å². The van der Waals surface area contributed by atoms with Crippen molar-refractivity contribution in [3.8, 4) is 5.75 Å². The van der Waals surface area contributed by atoms with Gasteiger partial charge in [-0.3, -0.25) is 4.79 Å². The molecule has 3 heteroatoms. The van der Waals surface area contributed by atoms with Crippen LogP contribution in [0.4, 0.5) is 0 Å². The SMILES string of the molecule is COc1ccc2ccccc2c1/C=C\C(N)=O. The molecular formula is C14H13NO2. The van der Waals surface area contributed by atoms with Gasteiger partial charge in [-0.15, -0.1) is 0 Å². The van der Waals surface area contributed by atoms with E-state index in [1.165, 1.54) is 6.08 Å². The van der Waals surface area contributed by atoms with Crippen molar-refractivity contribution < 1.29 is 9.53 Å². The Hall–Kier alpha value is -2.29. The van der Waals surface area contributed by atoms with Crippen molar-refractivity contribution in [1.29, 1.82) is 0 Å². The number of methoxy groups -OCH3 is 1. The first-order valence-electron chi connectivity index (χ1n) is 5.25. The van der Waals surface area contributed by atoms with Gasteiger partial charge in [0.05, 0.1) is 7.11 Å². The molecule has 0 radical (unpaired) electrons. The van der Waals surface area contributed by atoms with Crippen molar-refractivity contribution in [2.45, 2.75) is 0 Å². The number of benzene rings is 2. The summed E-state index contributed by atoms with van der Waals surface area (Å²) in [5.41, 5.74) is 5.97. The number of rotatable bonds is 3. The predicted molar refractivity (Wildman–Crippen MR) is 68.7 cm³/mol. The van der Waals surface area contributed by atoms with Crippen LogP contribution in [-0.2, 0) is 4.79 Å². The maximum Gasteiger partial charge on any atom is 0.241 e. The Labute approximate surface area is 99.5 Å². The molecule has 0 aromatic heterocycles. The first-order chi connectivity index (χ1) is 8.22. The van der Waals surface area contributed by atoms with Crippen LogP contribution in [0.5, 0.6) is 5.75 Å². The van der Waals surface area contributed by atoms with Gasteiger partial charge in [-0.05, 0) is 22.9 Å². The van der Waals surface area contributed by atoms with Crippen molar-refractivity contribution >= 4 is 22.8 Å². The highest BCUT2D eigenvalue weighted by Gasteiger charge is 2.04. The van der Waals surface area contributed by atoms with Gasteiger partial charge in [0.25, 0.3) is 0 Å². The van der Waals surface area contributed by atoms with Gasteiger partial charge >= 0.3 is 0 Å². The second-order valence-corrected chi connectivity index (χ2v) is 3.64. The number of hydrogen-bond acceptors (Lipinski definition) is 2. The zero-order chi connectivity index (χ0) is 12.3. The molecule has 3 nitrogen and oxygen atoms in total. The molecule has 0 aliphatic carbocycles. The Kier molecular flexibility index (Phi) is 3.10. The zero-order valence-corrected chi connectivity index (χ0v) is 9.51. The summed E-state index contributed by atoms with van der Waals surface area (Å²) >= 11 is 0. The lowest BCUT2D eigenvalue weighted by atomic mass is 10.0. The van der Waals surface area contributed by atoms with Gasteiger partial charge in [0.15, 0.2) is 0 Å². The minimum absolute atomic E-state index is 0.472. The van der Waals surface area contributed by atoms with Crippen molar-refractivity contribution in [2.24, 2.45) is 5.73 Å². The summed E-state index contributed by atoms with van der Waals surface area (Å²) in [5, 5.41) is 2.13. The van der Waals surface area contributed by atoms with E-state index in [0.29, 0.717) is 0 Å². The van der Waals surface area contributed by atoms with Crippen molar-refractivity contribution in [1.82, 2.24) is 0 Å². The lowest BCUT2D eigenvalue weighted by molar-refractivity contribution is -0.113. The van der Waals surface area contributed by atoms with Gasteiger partial charge in [-0.25, -0.2) is 0 Å². The topological polar surface area (TPSA) is 52.3 Å². The van der Waals surface area contributed by atoms with E-state index < -0.39 is 5.91 Å². The normalized spacial score (nSPS) is 10.9. The number of fused-ring (bicyclic) bond motifs is 1. The molecule has 1 amide bonds. The largest absolute Gasteiger partial charge is 0.496 e. The molecule has 0 saturated heterocycles. The van der Waals surface area contributed by atoms with Gasteiger partial charge in [-0.1, -0.05) is 30.3 Å². The Balaban J connectivity index is 2.67. The van der Waals surface area contributed by atoms with Crippen molar-refractivity contribution in [3.05, 3.63) is 48.0 Å². The van der Waals surface area contributed by atoms with E-state index in [1.54, 1.807) is 13.2 Å². The van der Waals surface area contributed by atoms with Crippen LogP contribution in [0, 0.1) is 0 Å². The molecule has 17 heavy (non-hydrogen) atoms. The van der Waals surface area contributed by atoms with Gasteiger partial charge < -0.3 is 10.5 Å². The third-order valence-electron chi connectivity index (χ3n) is 2.56. The van der Waals surface area contributed by atoms with E-state index >= 15 is 0 Å². The van der Waals surface area contributed by atoms with E-state index in [9.17, 15) is 4.79 Å². The molecule has 2 rings (SSSR count). The van der Waals surface area contributed by atoms with Gasteiger partial charge in [-0.2, -0.15) is 0 Å². The van der Waals surface area contributed by atoms with Crippen LogP contribution in [0.3, 0.4) is 0 Å². The van der Waals surface area contributed by atoms with Crippen LogP contribution >= 0.6 is 0 Å². The van der Waals surface area contributed by atoms with Crippen molar-refractivity contribution in [2.75, 3.05) is 7.11 Å². The van der Waals surface area contributed by atoms with E-state index in [1.807, 2.05) is 36.4 Å². The minimum atomic E-state index is -0.472. The number of hydrogen-bond donors (Lipinski definition) is 1. The second kappa shape index (κ2) is 4.70. The molecule has 2 aromatic carbocycles. The maximum absolute atomic E-state index is 10.8. The average Bonchev–Trinajstić information content (AvgIpc) is 2.35. The van der Waals surface area contributed by atoms with E-state index in [0.717, 1.165) is 22.1 Å². The summed E-state index contributed by atoms with van der Waals surface area (Å²) in [7, 11) is 1.60. The van der Waals surface area contributed by atoms with Gasteiger partial charge in [0.1, 0.15) is 5.75 Å².